The highest BCUT2D eigenvalue weighted by Gasteiger charge is 2.13. The predicted octanol–water partition coefficient (Wildman–Crippen LogP) is 3.43. The van der Waals surface area contributed by atoms with Gasteiger partial charge < -0.3 is 0 Å². The van der Waals surface area contributed by atoms with Gasteiger partial charge in [0, 0.05) is 6.54 Å². The molecule has 0 unspecified atom stereocenters. The van der Waals surface area contributed by atoms with E-state index >= 15 is 0 Å². The minimum atomic E-state index is -3.45. The normalized spacial score (nSPS) is 11.5. The van der Waals surface area contributed by atoms with Crippen LogP contribution >= 0.6 is 0 Å². The number of hydrogen-bond donors (Lipinski definition) is 1. The van der Waals surface area contributed by atoms with Crippen molar-refractivity contribution < 1.29 is 8.42 Å². The summed E-state index contributed by atoms with van der Waals surface area (Å²) in [5.41, 5.74) is 3.27. The topological polar surface area (TPSA) is 46.2 Å². The predicted molar refractivity (Wildman–Crippen MR) is 85.6 cm³/mol. The van der Waals surface area contributed by atoms with Gasteiger partial charge >= 0.3 is 0 Å². The molecule has 0 saturated heterocycles. The molecule has 0 amide bonds. The first kappa shape index (κ1) is 15.7. The quantitative estimate of drug-likeness (QED) is 0.888. The largest absolute Gasteiger partial charge is 0.240 e. The van der Waals surface area contributed by atoms with Crippen LogP contribution in [0.2, 0.25) is 0 Å². The third kappa shape index (κ3) is 4.41. The SMILES string of the molecule is CCCc1ccc(S(=O)(=O)NCc2ccc(C)cc2)cc1. The first-order valence-electron chi connectivity index (χ1n) is 7.15. The Kier molecular flexibility index (Phi) is 5.15. The Labute approximate surface area is 127 Å². The smallest absolute Gasteiger partial charge is 0.207 e. The fourth-order valence-electron chi connectivity index (χ4n) is 2.09. The van der Waals surface area contributed by atoms with Crippen molar-refractivity contribution in [2.24, 2.45) is 0 Å². The molecule has 21 heavy (non-hydrogen) atoms. The van der Waals surface area contributed by atoms with Crippen molar-refractivity contribution >= 4 is 10.0 Å². The lowest BCUT2D eigenvalue weighted by molar-refractivity contribution is 0.581. The van der Waals surface area contributed by atoms with Crippen LogP contribution in [0.5, 0.6) is 0 Å². The highest BCUT2D eigenvalue weighted by molar-refractivity contribution is 7.89. The van der Waals surface area contributed by atoms with Crippen molar-refractivity contribution in [3.05, 3.63) is 65.2 Å². The molecular formula is C17H21NO2S. The van der Waals surface area contributed by atoms with Crippen molar-refractivity contribution in [2.45, 2.75) is 38.1 Å². The number of benzene rings is 2. The molecule has 0 aliphatic rings. The van der Waals surface area contributed by atoms with Crippen molar-refractivity contribution in [3.63, 3.8) is 0 Å². The van der Waals surface area contributed by atoms with Gasteiger partial charge in [0.05, 0.1) is 4.90 Å². The van der Waals surface area contributed by atoms with Gasteiger partial charge in [0.25, 0.3) is 0 Å². The summed E-state index contributed by atoms with van der Waals surface area (Å²) >= 11 is 0. The molecule has 0 atom stereocenters. The van der Waals surface area contributed by atoms with Crippen LogP contribution in [0.3, 0.4) is 0 Å². The molecule has 2 aromatic rings. The fraction of sp³-hybridized carbons (Fsp3) is 0.294. The van der Waals surface area contributed by atoms with Crippen LogP contribution in [0.25, 0.3) is 0 Å². The average molecular weight is 303 g/mol. The Morgan fingerprint density at radius 1 is 0.905 bits per heavy atom. The van der Waals surface area contributed by atoms with Crippen LogP contribution in [0.1, 0.15) is 30.0 Å². The molecule has 3 nitrogen and oxygen atoms in total. The second-order valence-electron chi connectivity index (χ2n) is 5.20. The van der Waals surface area contributed by atoms with E-state index in [0.29, 0.717) is 11.4 Å². The van der Waals surface area contributed by atoms with E-state index in [0.717, 1.165) is 29.5 Å². The molecular weight excluding hydrogens is 282 g/mol. The molecule has 112 valence electrons. The summed E-state index contributed by atoms with van der Waals surface area (Å²) in [5.74, 6) is 0. The van der Waals surface area contributed by atoms with E-state index in [9.17, 15) is 8.42 Å². The molecule has 4 heteroatoms. The summed E-state index contributed by atoms with van der Waals surface area (Å²) in [6.45, 7) is 4.42. The highest BCUT2D eigenvalue weighted by Crippen LogP contribution is 2.12. The Morgan fingerprint density at radius 2 is 1.48 bits per heavy atom. The Balaban J connectivity index is 2.05. The lowest BCUT2D eigenvalue weighted by atomic mass is 10.1. The maximum Gasteiger partial charge on any atom is 0.240 e. The molecule has 0 fully saturated rings. The fourth-order valence-corrected chi connectivity index (χ4v) is 3.11. The zero-order chi connectivity index (χ0) is 15.3. The van der Waals surface area contributed by atoms with Gasteiger partial charge in [0.15, 0.2) is 0 Å². The zero-order valence-corrected chi connectivity index (χ0v) is 13.3. The molecule has 0 bridgehead atoms. The molecule has 0 heterocycles. The summed E-state index contributed by atoms with van der Waals surface area (Å²) in [7, 11) is -3.45. The van der Waals surface area contributed by atoms with E-state index < -0.39 is 10.0 Å². The van der Waals surface area contributed by atoms with E-state index in [1.807, 2.05) is 43.3 Å². The Morgan fingerprint density at radius 3 is 2.05 bits per heavy atom. The Hall–Kier alpha value is -1.65. The number of hydrogen-bond acceptors (Lipinski definition) is 2. The summed E-state index contributed by atoms with van der Waals surface area (Å²) in [6, 6.07) is 14.9. The molecule has 0 saturated carbocycles. The first-order valence-corrected chi connectivity index (χ1v) is 8.64. The maximum atomic E-state index is 12.2. The van der Waals surface area contributed by atoms with Crippen LogP contribution in [0.4, 0.5) is 0 Å². The monoisotopic (exact) mass is 303 g/mol. The standard InChI is InChI=1S/C17H21NO2S/c1-3-4-15-9-11-17(12-10-15)21(19,20)18-13-16-7-5-14(2)6-8-16/h5-12,18H,3-4,13H2,1-2H3. The van der Waals surface area contributed by atoms with E-state index in [4.69, 9.17) is 0 Å². The molecule has 0 aliphatic heterocycles. The summed E-state index contributed by atoms with van der Waals surface area (Å²) in [6.07, 6.45) is 2.02. The van der Waals surface area contributed by atoms with E-state index in [1.165, 1.54) is 0 Å². The van der Waals surface area contributed by atoms with Gasteiger partial charge in [-0.1, -0.05) is 55.3 Å². The van der Waals surface area contributed by atoms with Gasteiger partial charge in [0.1, 0.15) is 0 Å². The van der Waals surface area contributed by atoms with Crippen molar-refractivity contribution in [1.29, 1.82) is 0 Å². The lowest BCUT2D eigenvalue weighted by Gasteiger charge is -2.08. The van der Waals surface area contributed by atoms with Gasteiger partial charge in [-0.25, -0.2) is 13.1 Å². The number of nitrogens with one attached hydrogen (secondary N) is 1. The molecule has 0 aliphatic carbocycles. The van der Waals surface area contributed by atoms with Crippen molar-refractivity contribution in [3.8, 4) is 0 Å². The Bertz CT molecular complexity index is 674. The van der Waals surface area contributed by atoms with Crippen LogP contribution in [-0.4, -0.2) is 8.42 Å². The molecule has 2 rings (SSSR count). The number of aryl methyl sites for hydroxylation is 2. The van der Waals surface area contributed by atoms with E-state index in [2.05, 4.69) is 11.6 Å². The van der Waals surface area contributed by atoms with Crippen LogP contribution in [0, 0.1) is 6.92 Å². The summed E-state index contributed by atoms with van der Waals surface area (Å²) < 4.78 is 27.1. The summed E-state index contributed by atoms with van der Waals surface area (Å²) in [5, 5.41) is 0. The first-order chi connectivity index (χ1) is 10.0. The van der Waals surface area contributed by atoms with Crippen LogP contribution < -0.4 is 4.72 Å². The van der Waals surface area contributed by atoms with Gasteiger partial charge in [-0.05, 0) is 36.6 Å². The van der Waals surface area contributed by atoms with Gasteiger partial charge in [-0.15, -0.1) is 0 Å². The molecule has 0 spiro atoms. The second-order valence-corrected chi connectivity index (χ2v) is 6.97. The van der Waals surface area contributed by atoms with Crippen molar-refractivity contribution in [1.82, 2.24) is 4.72 Å². The van der Waals surface area contributed by atoms with Crippen LogP contribution in [0.15, 0.2) is 53.4 Å². The van der Waals surface area contributed by atoms with Crippen molar-refractivity contribution in [2.75, 3.05) is 0 Å². The third-order valence-corrected chi connectivity index (χ3v) is 4.78. The molecule has 1 N–H and O–H groups in total. The maximum absolute atomic E-state index is 12.2. The van der Waals surface area contributed by atoms with E-state index in [-0.39, 0.29) is 0 Å². The summed E-state index contributed by atoms with van der Waals surface area (Å²) in [4.78, 5) is 0.314. The minimum Gasteiger partial charge on any atom is -0.207 e. The number of sulfonamides is 1. The molecule has 0 radical (unpaired) electrons. The lowest BCUT2D eigenvalue weighted by Crippen LogP contribution is -2.23. The molecule has 0 aromatic heterocycles. The van der Waals surface area contributed by atoms with Gasteiger partial charge in [-0.2, -0.15) is 0 Å². The molecule has 2 aromatic carbocycles. The third-order valence-electron chi connectivity index (χ3n) is 3.36. The zero-order valence-electron chi connectivity index (χ0n) is 12.5. The second kappa shape index (κ2) is 6.87. The highest BCUT2D eigenvalue weighted by atomic mass is 32.2. The minimum absolute atomic E-state index is 0.305. The van der Waals surface area contributed by atoms with Crippen LogP contribution in [-0.2, 0) is 23.0 Å². The van der Waals surface area contributed by atoms with E-state index in [1.54, 1.807) is 12.1 Å². The van der Waals surface area contributed by atoms with Gasteiger partial charge in [0.2, 0.25) is 10.0 Å². The number of rotatable bonds is 6. The average Bonchev–Trinajstić information content (AvgIpc) is 2.48. The van der Waals surface area contributed by atoms with Gasteiger partial charge in [-0.3, -0.25) is 0 Å².